The van der Waals surface area contributed by atoms with E-state index in [-0.39, 0.29) is 24.5 Å². The van der Waals surface area contributed by atoms with Crippen molar-refractivity contribution in [3.05, 3.63) is 30.1 Å². The molecule has 9 heteroatoms. The van der Waals surface area contributed by atoms with Crippen molar-refractivity contribution in [2.45, 2.75) is 12.5 Å². The smallest absolute Gasteiger partial charge is 0.326 e. The van der Waals surface area contributed by atoms with E-state index < -0.39 is 29.7 Å². The second-order valence-corrected chi connectivity index (χ2v) is 3.93. The van der Waals surface area contributed by atoms with Crippen LogP contribution in [0.4, 0.5) is 14.9 Å². The molecule has 0 radical (unpaired) electrons. The maximum Gasteiger partial charge on any atom is 0.326 e. The lowest BCUT2D eigenvalue weighted by Crippen LogP contribution is -2.50. The van der Waals surface area contributed by atoms with Crippen molar-refractivity contribution in [3.8, 4) is 0 Å². The summed E-state index contributed by atoms with van der Waals surface area (Å²) in [7, 11) is 0. The van der Waals surface area contributed by atoms with Crippen molar-refractivity contribution >= 4 is 35.9 Å². The van der Waals surface area contributed by atoms with Gasteiger partial charge >= 0.3 is 6.03 Å². The topological polar surface area (TPSA) is 105 Å². The van der Waals surface area contributed by atoms with E-state index in [0.29, 0.717) is 0 Å². The molecule has 1 atom stereocenters. The molecule has 1 aliphatic heterocycles. The van der Waals surface area contributed by atoms with Gasteiger partial charge in [0, 0.05) is 0 Å². The SMILES string of the molecule is Cl.NC(=O)NNC1CC(=O)N(c2ccc(F)cc2)C1=O. The number of urea groups is 1. The molecular formula is C11H12ClFN4O3. The van der Waals surface area contributed by atoms with Gasteiger partial charge in [-0.15, -0.1) is 12.4 Å². The van der Waals surface area contributed by atoms with Crippen molar-refractivity contribution in [3.63, 3.8) is 0 Å². The summed E-state index contributed by atoms with van der Waals surface area (Å²) in [5, 5.41) is 0. The molecule has 20 heavy (non-hydrogen) atoms. The fraction of sp³-hybridized carbons (Fsp3) is 0.182. The maximum absolute atomic E-state index is 12.8. The molecule has 1 heterocycles. The van der Waals surface area contributed by atoms with Crippen LogP contribution >= 0.6 is 12.4 Å². The fourth-order valence-corrected chi connectivity index (χ4v) is 1.76. The standard InChI is InChI=1S/C11H11FN4O3.ClH/c12-6-1-3-7(4-2-6)16-9(17)5-8(10(16)18)14-15-11(13)19;/h1-4,8,14H,5H2,(H3,13,15,19);1H. The van der Waals surface area contributed by atoms with Crippen LogP contribution < -0.4 is 21.5 Å². The molecule has 4 N–H and O–H groups in total. The lowest BCUT2D eigenvalue weighted by molar-refractivity contribution is -0.121. The number of carbonyl (C=O) groups excluding carboxylic acids is 3. The van der Waals surface area contributed by atoms with E-state index in [4.69, 9.17) is 5.73 Å². The zero-order valence-electron chi connectivity index (χ0n) is 10.1. The highest BCUT2D eigenvalue weighted by Gasteiger charge is 2.39. The Labute approximate surface area is 119 Å². The van der Waals surface area contributed by atoms with Gasteiger partial charge in [0.25, 0.3) is 5.91 Å². The first-order chi connectivity index (χ1) is 8.99. The molecule has 108 valence electrons. The van der Waals surface area contributed by atoms with Gasteiger partial charge in [0.15, 0.2) is 0 Å². The molecule has 4 amide bonds. The van der Waals surface area contributed by atoms with Gasteiger partial charge in [-0.3, -0.25) is 15.0 Å². The van der Waals surface area contributed by atoms with E-state index in [1.165, 1.54) is 12.1 Å². The second kappa shape index (κ2) is 6.31. The van der Waals surface area contributed by atoms with Crippen LogP contribution in [0.2, 0.25) is 0 Å². The second-order valence-electron chi connectivity index (χ2n) is 3.93. The number of rotatable bonds is 3. The van der Waals surface area contributed by atoms with Gasteiger partial charge in [0.2, 0.25) is 5.91 Å². The van der Waals surface area contributed by atoms with Crippen LogP contribution in [0.3, 0.4) is 0 Å². The van der Waals surface area contributed by atoms with E-state index in [2.05, 4.69) is 5.43 Å². The predicted molar refractivity (Wildman–Crippen MR) is 70.4 cm³/mol. The predicted octanol–water partition coefficient (Wildman–Crippen LogP) is 0.0523. The van der Waals surface area contributed by atoms with Crippen LogP contribution in [0, 0.1) is 5.82 Å². The van der Waals surface area contributed by atoms with Gasteiger partial charge < -0.3 is 5.73 Å². The zero-order valence-corrected chi connectivity index (χ0v) is 10.9. The molecule has 0 spiro atoms. The lowest BCUT2D eigenvalue weighted by Gasteiger charge is -2.15. The molecule has 1 saturated heterocycles. The summed E-state index contributed by atoms with van der Waals surface area (Å²) in [6.45, 7) is 0. The highest BCUT2D eigenvalue weighted by atomic mass is 35.5. The highest BCUT2D eigenvalue weighted by Crippen LogP contribution is 2.22. The van der Waals surface area contributed by atoms with Crippen molar-refractivity contribution in [2.75, 3.05) is 4.90 Å². The van der Waals surface area contributed by atoms with E-state index in [1.807, 2.05) is 5.43 Å². The Morgan fingerprint density at radius 1 is 1.30 bits per heavy atom. The van der Waals surface area contributed by atoms with Crippen molar-refractivity contribution < 1.29 is 18.8 Å². The minimum atomic E-state index is -0.884. The summed E-state index contributed by atoms with van der Waals surface area (Å²) in [5.74, 6) is -1.45. The summed E-state index contributed by atoms with van der Waals surface area (Å²) in [6, 6.07) is 3.21. The highest BCUT2D eigenvalue weighted by molar-refractivity contribution is 6.22. The van der Waals surface area contributed by atoms with Crippen LogP contribution in [0.15, 0.2) is 24.3 Å². The van der Waals surface area contributed by atoms with Gasteiger partial charge in [-0.25, -0.2) is 19.5 Å². The Hall–Kier alpha value is -2.19. The van der Waals surface area contributed by atoms with Gasteiger partial charge in [0.05, 0.1) is 12.1 Å². The van der Waals surface area contributed by atoms with Crippen molar-refractivity contribution in [1.82, 2.24) is 10.9 Å². The molecule has 7 nitrogen and oxygen atoms in total. The molecule has 0 bridgehead atoms. The molecule has 1 aromatic rings. The third-order valence-electron chi connectivity index (χ3n) is 2.60. The van der Waals surface area contributed by atoms with E-state index in [0.717, 1.165) is 17.0 Å². The number of nitrogens with one attached hydrogen (secondary N) is 2. The number of hydrogen-bond acceptors (Lipinski definition) is 4. The summed E-state index contributed by atoms with van der Waals surface area (Å²) in [4.78, 5) is 35.2. The normalized spacial score (nSPS) is 17.9. The Bertz CT molecular complexity index is 537. The Morgan fingerprint density at radius 3 is 2.45 bits per heavy atom. The number of nitrogens with two attached hydrogens (primary N) is 1. The molecular weight excluding hydrogens is 291 g/mol. The van der Waals surface area contributed by atoms with Gasteiger partial charge in [0.1, 0.15) is 11.9 Å². The Kier molecular flexibility index (Phi) is 5.00. The maximum atomic E-state index is 12.8. The first kappa shape index (κ1) is 15.9. The van der Waals surface area contributed by atoms with Crippen LogP contribution in [-0.4, -0.2) is 23.9 Å². The Balaban J connectivity index is 0.00000200. The third-order valence-corrected chi connectivity index (χ3v) is 2.60. The summed E-state index contributed by atoms with van der Waals surface area (Å²) in [5.41, 5.74) is 9.54. The fourth-order valence-electron chi connectivity index (χ4n) is 1.76. The number of carbonyl (C=O) groups is 3. The largest absolute Gasteiger partial charge is 0.351 e. The van der Waals surface area contributed by atoms with Crippen LogP contribution in [0.5, 0.6) is 0 Å². The summed E-state index contributed by atoms with van der Waals surface area (Å²) in [6.07, 6.45) is -0.115. The summed E-state index contributed by atoms with van der Waals surface area (Å²) < 4.78 is 12.8. The number of hydrogen-bond donors (Lipinski definition) is 3. The third kappa shape index (κ3) is 3.22. The van der Waals surface area contributed by atoms with Crippen LogP contribution in [0.1, 0.15) is 6.42 Å². The first-order valence-electron chi connectivity index (χ1n) is 5.42. The monoisotopic (exact) mass is 302 g/mol. The first-order valence-corrected chi connectivity index (χ1v) is 5.42. The number of primary amides is 1. The molecule has 0 aromatic heterocycles. The molecule has 1 aliphatic rings. The summed E-state index contributed by atoms with van der Waals surface area (Å²) >= 11 is 0. The molecule has 1 unspecified atom stereocenters. The van der Waals surface area contributed by atoms with E-state index >= 15 is 0 Å². The van der Waals surface area contributed by atoms with Gasteiger partial charge in [-0.1, -0.05) is 0 Å². The van der Waals surface area contributed by atoms with Crippen molar-refractivity contribution in [2.24, 2.45) is 5.73 Å². The molecule has 2 rings (SSSR count). The Morgan fingerprint density at radius 2 is 1.90 bits per heavy atom. The van der Waals surface area contributed by atoms with Gasteiger partial charge in [-0.05, 0) is 24.3 Å². The molecule has 0 aliphatic carbocycles. The molecule has 1 fully saturated rings. The quantitative estimate of drug-likeness (QED) is 0.542. The van der Waals surface area contributed by atoms with Crippen LogP contribution in [0.25, 0.3) is 0 Å². The zero-order chi connectivity index (χ0) is 14.0. The van der Waals surface area contributed by atoms with E-state index in [1.54, 1.807) is 0 Å². The molecule has 0 saturated carbocycles. The number of nitrogens with zero attached hydrogens (tertiary/aromatic N) is 1. The average Bonchev–Trinajstić information content (AvgIpc) is 2.63. The number of imide groups is 1. The number of hydrazine groups is 1. The van der Waals surface area contributed by atoms with E-state index in [9.17, 15) is 18.8 Å². The van der Waals surface area contributed by atoms with Crippen LogP contribution in [-0.2, 0) is 9.59 Å². The number of anilines is 1. The number of benzene rings is 1. The lowest BCUT2D eigenvalue weighted by atomic mass is 10.2. The minimum absolute atomic E-state index is 0. The minimum Gasteiger partial charge on any atom is -0.351 e. The number of amides is 4. The van der Waals surface area contributed by atoms with Crippen molar-refractivity contribution in [1.29, 1.82) is 0 Å². The van der Waals surface area contributed by atoms with Gasteiger partial charge in [-0.2, -0.15) is 0 Å². The average molecular weight is 303 g/mol. The molecule has 1 aromatic carbocycles. The number of halogens is 2.